The summed E-state index contributed by atoms with van der Waals surface area (Å²) in [4.78, 5) is 0. The molecule has 0 fully saturated rings. The Hall–Kier alpha value is -0.770. The van der Waals surface area contributed by atoms with Crippen molar-refractivity contribution in [2.45, 2.75) is 25.2 Å². The van der Waals surface area contributed by atoms with Gasteiger partial charge in [-0.1, -0.05) is 35.9 Å². The van der Waals surface area contributed by atoms with Crippen LogP contribution in [0.1, 0.15) is 30.5 Å². The van der Waals surface area contributed by atoms with Crippen LogP contribution in [0.15, 0.2) is 57.1 Å². The normalized spacial score (nSPS) is 23.5. The molecular formula is C21H17ClI2O3. The van der Waals surface area contributed by atoms with Gasteiger partial charge in [0.05, 0.1) is 19.3 Å². The van der Waals surface area contributed by atoms with Gasteiger partial charge in [0, 0.05) is 16.7 Å². The Kier molecular flexibility index (Phi) is 5.02. The van der Waals surface area contributed by atoms with Crippen molar-refractivity contribution in [1.29, 1.82) is 0 Å². The zero-order chi connectivity index (χ0) is 19.4. The fourth-order valence-electron chi connectivity index (χ4n) is 3.35. The van der Waals surface area contributed by atoms with Gasteiger partial charge in [0.15, 0.2) is 0 Å². The summed E-state index contributed by atoms with van der Waals surface area (Å²) in [6.45, 7) is 3.93. The highest BCUT2D eigenvalue weighted by Gasteiger charge is 2.56. The molecule has 1 spiro atoms. The largest absolute Gasteiger partial charge is 0.497 e. The van der Waals surface area contributed by atoms with E-state index in [0.717, 1.165) is 35.4 Å². The third-order valence-corrected chi connectivity index (χ3v) is 8.01. The van der Waals surface area contributed by atoms with Crippen molar-refractivity contribution in [3.63, 3.8) is 0 Å². The number of hydrogen-bond donors (Lipinski definition) is 0. The molecule has 3 nitrogen and oxygen atoms in total. The summed E-state index contributed by atoms with van der Waals surface area (Å²) >= 11 is 11.2. The summed E-state index contributed by atoms with van der Waals surface area (Å²) in [5, 5.41) is 0.670. The van der Waals surface area contributed by atoms with Crippen LogP contribution in [0.2, 0.25) is 0 Å². The molecule has 1 atom stereocenters. The maximum absolute atomic E-state index is 6.65. The lowest BCUT2D eigenvalue weighted by Gasteiger charge is -2.39. The molecule has 0 saturated heterocycles. The van der Waals surface area contributed by atoms with Gasteiger partial charge in [0.1, 0.15) is 17.1 Å². The van der Waals surface area contributed by atoms with E-state index >= 15 is 0 Å². The predicted molar refractivity (Wildman–Crippen MR) is 125 cm³/mol. The van der Waals surface area contributed by atoms with Crippen LogP contribution < -0.4 is 4.74 Å². The number of fused-ring (bicyclic) bond motifs is 2. The molecule has 2 aromatic rings. The minimum Gasteiger partial charge on any atom is -0.497 e. The fraction of sp³-hybridized carbons (Fsp3) is 0.238. The van der Waals surface area contributed by atoms with Crippen molar-refractivity contribution in [2.75, 3.05) is 7.11 Å². The van der Waals surface area contributed by atoms with Gasteiger partial charge in [-0.25, -0.2) is 0 Å². The minimum atomic E-state index is -1.04. The van der Waals surface area contributed by atoms with Gasteiger partial charge < -0.3 is 14.2 Å². The lowest BCUT2D eigenvalue weighted by molar-refractivity contribution is -0.204. The lowest BCUT2D eigenvalue weighted by atomic mass is 9.95. The zero-order valence-corrected chi connectivity index (χ0v) is 20.0. The molecule has 0 saturated carbocycles. The second kappa shape index (κ2) is 6.93. The third-order valence-electron chi connectivity index (χ3n) is 4.72. The van der Waals surface area contributed by atoms with Crippen molar-refractivity contribution in [2.24, 2.45) is 0 Å². The molecule has 2 heterocycles. The first-order valence-electron chi connectivity index (χ1n) is 8.39. The highest BCUT2D eigenvalue weighted by Crippen LogP contribution is 2.59. The van der Waals surface area contributed by atoms with Gasteiger partial charge in [-0.3, -0.25) is 0 Å². The molecule has 2 aromatic carbocycles. The van der Waals surface area contributed by atoms with Crippen molar-refractivity contribution >= 4 is 66.1 Å². The molecule has 27 heavy (non-hydrogen) atoms. The summed E-state index contributed by atoms with van der Waals surface area (Å²) in [5.74, 6) is 0.533. The van der Waals surface area contributed by atoms with Crippen molar-refractivity contribution in [3.8, 4) is 5.75 Å². The maximum atomic E-state index is 6.65. The molecule has 0 radical (unpaired) electrons. The Labute approximate surface area is 191 Å². The summed E-state index contributed by atoms with van der Waals surface area (Å²) in [7, 11) is 1.66. The first-order valence-corrected chi connectivity index (χ1v) is 10.9. The molecule has 2 aliphatic rings. The van der Waals surface area contributed by atoms with Gasteiger partial charge in [0.25, 0.3) is 5.79 Å². The van der Waals surface area contributed by atoms with E-state index in [1.807, 2.05) is 56.3 Å². The fourth-order valence-corrected chi connectivity index (χ4v) is 5.57. The predicted octanol–water partition coefficient (Wildman–Crippen LogP) is 6.83. The van der Waals surface area contributed by atoms with E-state index in [1.54, 1.807) is 7.11 Å². The second-order valence-electron chi connectivity index (χ2n) is 6.88. The first kappa shape index (κ1) is 19.5. The highest BCUT2D eigenvalue weighted by atomic mass is 127. The number of benzene rings is 2. The number of ether oxygens (including phenoxy) is 3. The molecule has 140 valence electrons. The molecule has 0 bridgehead atoms. The van der Waals surface area contributed by atoms with E-state index in [9.17, 15) is 0 Å². The molecule has 0 unspecified atom stereocenters. The van der Waals surface area contributed by atoms with Crippen molar-refractivity contribution < 1.29 is 14.2 Å². The lowest BCUT2D eigenvalue weighted by Crippen LogP contribution is -2.37. The quantitative estimate of drug-likeness (QED) is 0.351. The standard InChI is InChI=1S/C21H17ClI2O3/c1-20(2)18(22)19(24)21(27-20)15-7-5-4-6-14(15)16(23)17(26-21)12-8-10-13(25-3)11-9-12/h4-11H,1-3H3/t21-/m0/s1. The summed E-state index contributed by atoms with van der Waals surface area (Å²) in [6.07, 6.45) is 0. The summed E-state index contributed by atoms with van der Waals surface area (Å²) < 4.78 is 20.3. The third kappa shape index (κ3) is 3.01. The topological polar surface area (TPSA) is 27.7 Å². The summed E-state index contributed by atoms with van der Waals surface area (Å²) in [5.41, 5.74) is 2.40. The van der Waals surface area contributed by atoms with Crippen LogP contribution in [0.4, 0.5) is 0 Å². The van der Waals surface area contributed by atoms with E-state index in [0.29, 0.717) is 5.03 Å². The second-order valence-corrected chi connectivity index (χ2v) is 9.41. The van der Waals surface area contributed by atoms with E-state index in [1.165, 1.54) is 0 Å². The van der Waals surface area contributed by atoms with E-state index in [4.69, 9.17) is 25.8 Å². The van der Waals surface area contributed by atoms with Crippen LogP contribution in [-0.4, -0.2) is 12.7 Å². The van der Waals surface area contributed by atoms with E-state index < -0.39 is 11.4 Å². The van der Waals surface area contributed by atoms with Crippen LogP contribution in [-0.2, 0) is 15.3 Å². The maximum Gasteiger partial charge on any atom is 0.272 e. The Morgan fingerprint density at radius 2 is 1.67 bits per heavy atom. The first-order chi connectivity index (χ1) is 12.8. The zero-order valence-electron chi connectivity index (χ0n) is 15.0. The van der Waals surface area contributed by atoms with Crippen LogP contribution >= 0.6 is 56.8 Å². The van der Waals surface area contributed by atoms with Crippen molar-refractivity contribution in [1.82, 2.24) is 0 Å². The molecule has 0 aliphatic carbocycles. The number of halogens is 3. The number of hydrogen-bond acceptors (Lipinski definition) is 3. The molecule has 4 rings (SSSR count). The SMILES string of the molecule is COc1ccc(C2=C(I)c3ccccc3[C@]3(O2)OC(C)(C)C(Cl)=C3I)cc1. The number of methoxy groups -OCH3 is 1. The average molecular weight is 607 g/mol. The van der Waals surface area contributed by atoms with Gasteiger partial charge in [-0.05, 0) is 83.3 Å². The Bertz CT molecular complexity index is 979. The smallest absolute Gasteiger partial charge is 0.272 e. The Balaban J connectivity index is 1.93. The van der Waals surface area contributed by atoms with Crippen LogP contribution in [0.5, 0.6) is 5.75 Å². The van der Waals surface area contributed by atoms with Gasteiger partial charge in [-0.2, -0.15) is 0 Å². The molecular weight excluding hydrogens is 589 g/mol. The molecule has 0 amide bonds. The molecule has 6 heteroatoms. The monoisotopic (exact) mass is 606 g/mol. The van der Waals surface area contributed by atoms with Crippen molar-refractivity contribution in [3.05, 3.63) is 73.8 Å². The average Bonchev–Trinajstić information content (AvgIpc) is 2.85. The van der Waals surface area contributed by atoms with Crippen LogP contribution in [0.3, 0.4) is 0 Å². The summed E-state index contributed by atoms with van der Waals surface area (Å²) in [6, 6.07) is 16.0. The van der Waals surface area contributed by atoms with Gasteiger partial charge >= 0.3 is 0 Å². The van der Waals surface area contributed by atoms with E-state index in [-0.39, 0.29) is 0 Å². The molecule has 0 aromatic heterocycles. The highest BCUT2D eigenvalue weighted by molar-refractivity contribution is 14.1. The van der Waals surface area contributed by atoms with Crippen LogP contribution in [0, 0.1) is 0 Å². The molecule has 2 aliphatic heterocycles. The van der Waals surface area contributed by atoms with Crippen LogP contribution in [0.25, 0.3) is 9.34 Å². The Morgan fingerprint density at radius 3 is 2.26 bits per heavy atom. The minimum absolute atomic E-state index is 0.626. The van der Waals surface area contributed by atoms with E-state index in [2.05, 4.69) is 51.2 Å². The van der Waals surface area contributed by atoms with Gasteiger partial charge in [-0.15, -0.1) is 0 Å². The number of rotatable bonds is 2. The van der Waals surface area contributed by atoms with Gasteiger partial charge in [0.2, 0.25) is 0 Å². The molecule has 0 N–H and O–H groups in total. The Morgan fingerprint density at radius 1 is 1.00 bits per heavy atom.